The molecular weight excluding hydrogens is 358 g/mol. The molecule has 1 aromatic heterocycles. The number of hydrogen-bond acceptors (Lipinski definition) is 6. The summed E-state index contributed by atoms with van der Waals surface area (Å²) in [7, 11) is 1.64. The number of amides is 2. The van der Waals surface area contributed by atoms with Crippen LogP contribution in [0.5, 0.6) is 5.75 Å². The molecule has 2 aromatic rings. The van der Waals surface area contributed by atoms with Crippen molar-refractivity contribution in [3.8, 4) is 5.75 Å². The van der Waals surface area contributed by atoms with E-state index in [4.69, 9.17) is 4.74 Å². The molecule has 0 unspecified atom stereocenters. The molecule has 0 atom stereocenters. The predicted octanol–water partition coefficient (Wildman–Crippen LogP) is 1.44. The third-order valence-corrected chi connectivity index (χ3v) is 4.74. The van der Waals surface area contributed by atoms with E-state index in [0.29, 0.717) is 44.4 Å². The summed E-state index contributed by atoms with van der Waals surface area (Å²) in [5.74, 6) is 1.17. The maximum absolute atomic E-state index is 12.7. The number of methoxy groups -OCH3 is 1. The van der Waals surface area contributed by atoms with Gasteiger partial charge in [-0.1, -0.05) is 12.1 Å². The first kappa shape index (κ1) is 19.6. The number of anilines is 1. The largest absolute Gasteiger partial charge is 0.497 e. The lowest BCUT2D eigenvalue weighted by Gasteiger charge is -2.34. The molecule has 0 spiro atoms. The first-order chi connectivity index (χ1) is 13.6. The minimum absolute atomic E-state index is 0.0393. The van der Waals surface area contributed by atoms with Crippen molar-refractivity contribution in [1.29, 1.82) is 0 Å². The van der Waals surface area contributed by atoms with Crippen LogP contribution in [0.2, 0.25) is 0 Å². The summed E-state index contributed by atoms with van der Waals surface area (Å²) in [6.07, 6.45) is 2.39. The maximum Gasteiger partial charge on any atom is 0.272 e. The van der Waals surface area contributed by atoms with Gasteiger partial charge < -0.3 is 19.9 Å². The third kappa shape index (κ3) is 4.97. The molecule has 28 heavy (non-hydrogen) atoms. The Bertz CT molecular complexity index is 817. The summed E-state index contributed by atoms with van der Waals surface area (Å²) in [5.41, 5.74) is 1.53. The smallest absolute Gasteiger partial charge is 0.272 e. The normalized spacial score (nSPS) is 13.9. The summed E-state index contributed by atoms with van der Waals surface area (Å²) >= 11 is 0. The van der Waals surface area contributed by atoms with Crippen molar-refractivity contribution in [2.45, 2.75) is 13.3 Å². The van der Waals surface area contributed by atoms with E-state index in [0.717, 1.165) is 12.2 Å². The van der Waals surface area contributed by atoms with Crippen LogP contribution in [0.25, 0.3) is 0 Å². The van der Waals surface area contributed by atoms with Crippen molar-refractivity contribution < 1.29 is 14.3 Å². The molecule has 0 radical (unpaired) electrons. The van der Waals surface area contributed by atoms with Crippen LogP contribution in [0.4, 0.5) is 5.95 Å². The molecular formula is C20H25N5O3. The zero-order valence-electron chi connectivity index (χ0n) is 16.2. The highest BCUT2D eigenvalue weighted by Gasteiger charge is 2.24. The Morgan fingerprint density at radius 1 is 1.07 bits per heavy atom. The van der Waals surface area contributed by atoms with E-state index < -0.39 is 0 Å². The monoisotopic (exact) mass is 383 g/mol. The fourth-order valence-electron chi connectivity index (χ4n) is 3.06. The first-order valence-electron chi connectivity index (χ1n) is 9.31. The van der Waals surface area contributed by atoms with E-state index in [2.05, 4.69) is 15.3 Å². The molecule has 1 fully saturated rings. The maximum atomic E-state index is 12.7. The minimum atomic E-state index is -0.135. The summed E-state index contributed by atoms with van der Waals surface area (Å²) in [5, 5.41) is 3.16. The number of ether oxygens (including phenoxy) is 1. The zero-order chi connectivity index (χ0) is 19.9. The van der Waals surface area contributed by atoms with E-state index in [1.807, 2.05) is 24.3 Å². The standard InChI is InChI=1S/C20H25N5O3/c1-15(26)24-11-13-25(14-12-24)19(27)18-8-10-22-20(23-18)21-9-7-16-3-5-17(28-2)6-4-16/h3-6,8,10H,7,9,11-14H2,1-2H3,(H,21,22,23). The molecule has 1 aliphatic rings. The van der Waals surface area contributed by atoms with Gasteiger partial charge in [0.15, 0.2) is 0 Å². The Labute approximate surface area is 164 Å². The van der Waals surface area contributed by atoms with Crippen molar-refractivity contribution in [2.24, 2.45) is 0 Å². The fraction of sp³-hybridized carbons (Fsp3) is 0.400. The molecule has 3 rings (SSSR count). The van der Waals surface area contributed by atoms with Gasteiger partial charge in [-0.3, -0.25) is 9.59 Å². The Morgan fingerprint density at radius 2 is 1.75 bits per heavy atom. The molecule has 2 heterocycles. The van der Waals surface area contributed by atoms with Gasteiger partial charge in [0.25, 0.3) is 5.91 Å². The molecule has 148 valence electrons. The average molecular weight is 383 g/mol. The number of carbonyl (C=O) groups excluding carboxylic acids is 2. The number of piperazine rings is 1. The Hall–Kier alpha value is -3.16. The lowest BCUT2D eigenvalue weighted by atomic mass is 10.1. The van der Waals surface area contributed by atoms with Crippen molar-refractivity contribution in [1.82, 2.24) is 19.8 Å². The summed E-state index contributed by atoms with van der Waals surface area (Å²) in [6, 6.07) is 9.51. The predicted molar refractivity (Wildman–Crippen MR) is 105 cm³/mol. The second-order valence-corrected chi connectivity index (χ2v) is 6.59. The molecule has 8 heteroatoms. The van der Waals surface area contributed by atoms with Gasteiger partial charge in [-0.15, -0.1) is 0 Å². The van der Waals surface area contributed by atoms with Gasteiger partial charge in [0.2, 0.25) is 11.9 Å². The number of aromatic nitrogens is 2. The van der Waals surface area contributed by atoms with Gasteiger partial charge in [0.05, 0.1) is 7.11 Å². The average Bonchev–Trinajstić information content (AvgIpc) is 2.74. The van der Waals surface area contributed by atoms with E-state index in [-0.39, 0.29) is 11.8 Å². The number of hydrogen-bond donors (Lipinski definition) is 1. The van der Waals surface area contributed by atoms with E-state index in [1.54, 1.807) is 36.1 Å². The van der Waals surface area contributed by atoms with E-state index in [9.17, 15) is 9.59 Å². The van der Waals surface area contributed by atoms with Gasteiger partial charge in [0, 0.05) is 45.8 Å². The summed E-state index contributed by atoms with van der Waals surface area (Å²) in [6.45, 7) is 4.34. The number of nitrogens with one attached hydrogen (secondary N) is 1. The van der Waals surface area contributed by atoms with Crippen molar-refractivity contribution in [3.05, 3.63) is 47.8 Å². The summed E-state index contributed by atoms with van der Waals surface area (Å²) in [4.78, 5) is 36.1. The number of carbonyl (C=O) groups is 2. The highest BCUT2D eigenvalue weighted by Crippen LogP contribution is 2.12. The van der Waals surface area contributed by atoms with Crippen LogP contribution >= 0.6 is 0 Å². The number of rotatable bonds is 6. The van der Waals surface area contributed by atoms with Crippen LogP contribution in [-0.2, 0) is 11.2 Å². The molecule has 8 nitrogen and oxygen atoms in total. The topological polar surface area (TPSA) is 87.7 Å². The number of nitrogens with zero attached hydrogens (tertiary/aromatic N) is 4. The first-order valence-corrected chi connectivity index (χ1v) is 9.31. The van der Waals surface area contributed by atoms with Gasteiger partial charge >= 0.3 is 0 Å². The van der Waals surface area contributed by atoms with Gasteiger partial charge in [-0.05, 0) is 30.2 Å². The Kier molecular flexibility index (Phi) is 6.41. The second kappa shape index (κ2) is 9.16. The molecule has 1 saturated heterocycles. The van der Waals surface area contributed by atoms with E-state index >= 15 is 0 Å². The Morgan fingerprint density at radius 3 is 2.39 bits per heavy atom. The van der Waals surface area contributed by atoms with Crippen LogP contribution < -0.4 is 10.1 Å². The number of benzene rings is 1. The molecule has 0 saturated carbocycles. The third-order valence-electron chi connectivity index (χ3n) is 4.74. The highest BCUT2D eigenvalue weighted by molar-refractivity contribution is 5.92. The lowest BCUT2D eigenvalue weighted by molar-refractivity contribution is -0.130. The molecule has 1 aromatic carbocycles. The van der Waals surface area contributed by atoms with Crippen molar-refractivity contribution in [2.75, 3.05) is 45.2 Å². The molecule has 0 aliphatic carbocycles. The Balaban J connectivity index is 1.53. The summed E-state index contributed by atoms with van der Waals surface area (Å²) < 4.78 is 5.16. The van der Waals surface area contributed by atoms with Crippen LogP contribution in [0, 0.1) is 0 Å². The van der Waals surface area contributed by atoms with Crippen LogP contribution in [0.3, 0.4) is 0 Å². The molecule has 1 N–H and O–H groups in total. The van der Waals surface area contributed by atoms with Crippen molar-refractivity contribution in [3.63, 3.8) is 0 Å². The minimum Gasteiger partial charge on any atom is -0.497 e. The quantitative estimate of drug-likeness (QED) is 0.812. The molecule has 0 bridgehead atoms. The van der Waals surface area contributed by atoms with Crippen LogP contribution in [0.15, 0.2) is 36.5 Å². The lowest BCUT2D eigenvalue weighted by Crippen LogP contribution is -2.50. The van der Waals surface area contributed by atoms with Gasteiger partial charge in [-0.25, -0.2) is 9.97 Å². The van der Waals surface area contributed by atoms with Crippen LogP contribution in [0.1, 0.15) is 23.0 Å². The van der Waals surface area contributed by atoms with Crippen LogP contribution in [-0.4, -0.2) is 71.4 Å². The molecule has 1 aliphatic heterocycles. The van der Waals surface area contributed by atoms with Gasteiger partial charge in [-0.2, -0.15) is 0 Å². The molecule has 2 amide bonds. The van der Waals surface area contributed by atoms with E-state index in [1.165, 1.54) is 5.56 Å². The second-order valence-electron chi connectivity index (χ2n) is 6.59. The SMILES string of the molecule is COc1ccc(CCNc2nccc(C(=O)N3CCN(C(C)=O)CC3)n2)cc1. The zero-order valence-corrected chi connectivity index (χ0v) is 16.2. The van der Waals surface area contributed by atoms with Gasteiger partial charge in [0.1, 0.15) is 11.4 Å². The highest BCUT2D eigenvalue weighted by atomic mass is 16.5. The van der Waals surface area contributed by atoms with Crippen molar-refractivity contribution >= 4 is 17.8 Å². The fourth-order valence-corrected chi connectivity index (χ4v) is 3.06.